The number of carbonyl (C=O) groups is 3. The number of fused-ring (bicyclic) bond motifs is 1. The minimum absolute atomic E-state index is 0.0840. The van der Waals surface area contributed by atoms with Crippen LogP contribution >= 0.6 is 0 Å². The van der Waals surface area contributed by atoms with Crippen molar-refractivity contribution in [2.24, 2.45) is 0 Å². The molecule has 3 aromatic carbocycles. The zero-order chi connectivity index (χ0) is 28.9. The largest absolute Gasteiger partial charge is 0.480 e. The summed E-state index contributed by atoms with van der Waals surface area (Å²) in [5.74, 6) is -1.43. The van der Waals surface area contributed by atoms with Gasteiger partial charge in [0.05, 0.1) is 6.26 Å². The number of para-hydroxylation sites is 1. The zero-order valence-electron chi connectivity index (χ0n) is 22.8. The average Bonchev–Trinajstić information content (AvgIpc) is 3.63. The number of rotatable bonds is 10. The first kappa shape index (κ1) is 27.5. The van der Waals surface area contributed by atoms with E-state index in [4.69, 9.17) is 4.42 Å². The first-order chi connectivity index (χ1) is 19.8. The number of carboxylic acids is 1. The summed E-state index contributed by atoms with van der Waals surface area (Å²) in [7, 11) is 0. The highest BCUT2D eigenvalue weighted by Crippen LogP contribution is 2.22. The lowest BCUT2D eigenvalue weighted by molar-refractivity contribution is -0.142. The summed E-state index contributed by atoms with van der Waals surface area (Å²) in [6, 6.07) is 22.0. The highest BCUT2D eigenvalue weighted by molar-refractivity contribution is 5.98. The Kier molecular flexibility index (Phi) is 8.01. The average molecular weight is 550 g/mol. The van der Waals surface area contributed by atoms with E-state index in [9.17, 15) is 19.5 Å². The molecule has 5 aromatic rings. The van der Waals surface area contributed by atoms with Crippen molar-refractivity contribution >= 4 is 28.7 Å². The van der Waals surface area contributed by atoms with Gasteiger partial charge in [-0.3, -0.25) is 9.59 Å². The van der Waals surface area contributed by atoms with Gasteiger partial charge in [-0.15, -0.1) is 0 Å². The van der Waals surface area contributed by atoms with Crippen molar-refractivity contribution in [2.45, 2.75) is 38.8 Å². The van der Waals surface area contributed by atoms with Gasteiger partial charge in [-0.25, -0.2) is 4.79 Å². The van der Waals surface area contributed by atoms with Crippen LogP contribution in [-0.2, 0) is 22.4 Å². The van der Waals surface area contributed by atoms with E-state index in [-0.39, 0.29) is 12.8 Å². The molecular formula is C33H31N3O5. The minimum atomic E-state index is -1.19. The smallest absolute Gasteiger partial charge is 0.326 e. The van der Waals surface area contributed by atoms with E-state index >= 15 is 0 Å². The summed E-state index contributed by atoms with van der Waals surface area (Å²) in [4.78, 5) is 42.2. The number of H-pyrrole nitrogens is 1. The predicted molar refractivity (Wildman–Crippen MR) is 157 cm³/mol. The number of aromatic amines is 1. The van der Waals surface area contributed by atoms with Gasteiger partial charge in [0, 0.05) is 41.1 Å². The molecule has 41 heavy (non-hydrogen) atoms. The number of hydrogen-bond acceptors (Lipinski definition) is 4. The molecule has 2 aromatic heterocycles. The van der Waals surface area contributed by atoms with Crippen molar-refractivity contribution in [1.82, 2.24) is 15.6 Å². The van der Waals surface area contributed by atoms with Crippen LogP contribution in [0.1, 0.15) is 32.6 Å². The van der Waals surface area contributed by atoms with Gasteiger partial charge >= 0.3 is 5.97 Å². The Hall–Kier alpha value is -5.11. The molecule has 0 aliphatic rings. The van der Waals surface area contributed by atoms with Gasteiger partial charge in [-0.2, -0.15) is 0 Å². The monoisotopic (exact) mass is 549 g/mol. The number of nitrogens with one attached hydrogen (secondary N) is 3. The maximum atomic E-state index is 13.6. The Labute approximate surface area is 237 Å². The van der Waals surface area contributed by atoms with Gasteiger partial charge < -0.3 is 25.1 Å². The van der Waals surface area contributed by atoms with E-state index in [2.05, 4.69) is 15.6 Å². The molecule has 0 bridgehead atoms. The van der Waals surface area contributed by atoms with Gasteiger partial charge in [0.1, 0.15) is 17.8 Å². The number of furan rings is 1. The number of aromatic nitrogens is 1. The van der Waals surface area contributed by atoms with E-state index in [1.165, 1.54) is 0 Å². The number of amides is 2. The quantitative estimate of drug-likeness (QED) is 0.191. The summed E-state index contributed by atoms with van der Waals surface area (Å²) >= 11 is 0. The molecule has 208 valence electrons. The third-order valence-electron chi connectivity index (χ3n) is 7.02. The summed E-state index contributed by atoms with van der Waals surface area (Å²) in [5.41, 5.74) is 5.62. The van der Waals surface area contributed by atoms with E-state index in [0.29, 0.717) is 5.56 Å². The van der Waals surface area contributed by atoms with Crippen LogP contribution in [-0.4, -0.2) is 40.0 Å². The first-order valence-electron chi connectivity index (χ1n) is 13.4. The normalized spacial score (nSPS) is 12.5. The molecule has 0 saturated carbocycles. The summed E-state index contributed by atoms with van der Waals surface area (Å²) in [5, 5.41) is 16.4. The van der Waals surface area contributed by atoms with E-state index < -0.39 is 29.9 Å². The predicted octanol–water partition coefficient (Wildman–Crippen LogP) is 5.20. The molecule has 8 nitrogen and oxygen atoms in total. The highest BCUT2D eigenvalue weighted by Gasteiger charge is 2.28. The van der Waals surface area contributed by atoms with Gasteiger partial charge in [0.15, 0.2) is 0 Å². The summed E-state index contributed by atoms with van der Waals surface area (Å²) in [6.45, 7) is 3.80. The number of carbonyl (C=O) groups excluding carboxylic acids is 2. The van der Waals surface area contributed by atoms with Crippen LogP contribution in [0, 0.1) is 13.8 Å². The fourth-order valence-corrected chi connectivity index (χ4v) is 5.03. The topological polar surface area (TPSA) is 124 Å². The Morgan fingerprint density at radius 1 is 0.854 bits per heavy atom. The second-order valence-corrected chi connectivity index (χ2v) is 10.2. The zero-order valence-corrected chi connectivity index (χ0v) is 22.8. The molecule has 0 unspecified atom stereocenters. The van der Waals surface area contributed by atoms with Crippen molar-refractivity contribution in [3.8, 4) is 11.3 Å². The molecule has 0 aliphatic heterocycles. The number of carboxylic acid groups (broad SMARTS) is 1. The van der Waals surface area contributed by atoms with Crippen molar-refractivity contribution in [3.05, 3.63) is 119 Å². The number of hydrogen-bond donors (Lipinski definition) is 4. The van der Waals surface area contributed by atoms with Crippen LogP contribution in [0.3, 0.4) is 0 Å². The Morgan fingerprint density at radius 3 is 2.27 bits per heavy atom. The first-order valence-corrected chi connectivity index (χ1v) is 13.4. The van der Waals surface area contributed by atoms with Crippen LogP contribution in [0.15, 0.2) is 95.7 Å². The maximum Gasteiger partial charge on any atom is 0.326 e. The minimum Gasteiger partial charge on any atom is -0.480 e. The van der Waals surface area contributed by atoms with Crippen LogP contribution in [0.5, 0.6) is 0 Å². The van der Waals surface area contributed by atoms with Crippen LogP contribution in [0.4, 0.5) is 0 Å². The molecule has 0 spiro atoms. The van der Waals surface area contributed by atoms with Crippen LogP contribution in [0.2, 0.25) is 0 Å². The van der Waals surface area contributed by atoms with Crippen LogP contribution < -0.4 is 10.6 Å². The molecule has 2 amide bonds. The maximum absolute atomic E-state index is 13.6. The molecule has 4 N–H and O–H groups in total. The fourth-order valence-electron chi connectivity index (χ4n) is 5.03. The Balaban J connectivity index is 1.38. The summed E-state index contributed by atoms with van der Waals surface area (Å²) < 4.78 is 5.46. The lowest BCUT2D eigenvalue weighted by Crippen LogP contribution is -2.53. The van der Waals surface area contributed by atoms with Crippen molar-refractivity contribution in [1.29, 1.82) is 0 Å². The Bertz CT molecular complexity index is 1670. The molecule has 8 heteroatoms. The SMILES string of the molecule is Cc1cc(C)cc(C(=O)N[C@H](Cc2ccc(-c3ccco3)cc2)C(=O)N[C@@H](Cc2c[nH]c3ccccc23)C(=O)O)c1. The third-order valence-corrected chi connectivity index (χ3v) is 7.02. The molecule has 5 rings (SSSR count). The standard InChI is InChI=1S/C33H31N3O5/c1-20-14-21(2)16-24(15-20)31(37)35-28(17-22-9-11-23(12-10-22)30-8-5-13-41-30)32(38)36-29(33(39)40)18-25-19-34-27-7-4-3-6-26(25)27/h3-16,19,28-29,34H,17-18H2,1-2H3,(H,35,37)(H,36,38)(H,39,40)/t28-,29+/m1/s1. The lowest BCUT2D eigenvalue weighted by Gasteiger charge is -2.22. The van der Waals surface area contributed by atoms with Crippen molar-refractivity contribution < 1.29 is 23.9 Å². The van der Waals surface area contributed by atoms with E-state index in [1.54, 1.807) is 30.7 Å². The number of aryl methyl sites for hydroxylation is 2. The van der Waals surface area contributed by atoms with Gasteiger partial charge in [0.2, 0.25) is 5.91 Å². The Morgan fingerprint density at radius 2 is 1.59 bits per heavy atom. The van der Waals surface area contributed by atoms with E-state index in [1.807, 2.05) is 74.5 Å². The molecular weight excluding hydrogens is 518 g/mol. The third kappa shape index (κ3) is 6.55. The second kappa shape index (κ2) is 12.0. The van der Waals surface area contributed by atoms with E-state index in [0.717, 1.165) is 44.5 Å². The molecule has 0 saturated heterocycles. The van der Waals surface area contributed by atoms with Gasteiger partial charge in [-0.1, -0.05) is 59.7 Å². The van der Waals surface area contributed by atoms with Gasteiger partial charge in [0.25, 0.3) is 5.91 Å². The highest BCUT2D eigenvalue weighted by atomic mass is 16.4. The van der Waals surface area contributed by atoms with Crippen molar-refractivity contribution in [2.75, 3.05) is 0 Å². The molecule has 0 fully saturated rings. The van der Waals surface area contributed by atoms with Crippen LogP contribution in [0.25, 0.3) is 22.2 Å². The molecule has 2 heterocycles. The van der Waals surface area contributed by atoms with Gasteiger partial charge in [-0.05, 0) is 55.3 Å². The second-order valence-electron chi connectivity index (χ2n) is 10.2. The summed E-state index contributed by atoms with van der Waals surface area (Å²) in [6.07, 6.45) is 3.61. The molecule has 0 radical (unpaired) electrons. The molecule has 2 atom stereocenters. The fraction of sp³-hybridized carbons (Fsp3) is 0.182. The lowest BCUT2D eigenvalue weighted by atomic mass is 10.0. The number of benzene rings is 3. The van der Waals surface area contributed by atoms with Crippen molar-refractivity contribution in [3.63, 3.8) is 0 Å². The molecule has 0 aliphatic carbocycles. The number of aliphatic carboxylic acids is 1.